The molecule has 1 aromatic carbocycles. The Morgan fingerprint density at radius 2 is 1.95 bits per heavy atom. The van der Waals surface area contributed by atoms with E-state index in [0.717, 1.165) is 35.3 Å². The largest absolute Gasteiger partial charge is 0.236 e. The van der Waals surface area contributed by atoms with E-state index >= 15 is 0 Å². The fraction of sp³-hybridized carbons (Fsp3) is 0.333. The van der Waals surface area contributed by atoms with Crippen LogP contribution in [0.1, 0.15) is 36.0 Å². The van der Waals surface area contributed by atoms with E-state index < -0.39 is 0 Å². The van der Waals surface area contributed by atoms with E-state index in [1.165, 1.54) is 11.1 Å². The molecule has 1 heterocycles. The van der Waals surface area contributed by atoms with E-state index in [-0.39, 0.29) is 0 Å². The highest BCUT2D eigenvalue weighted by atomic mass is 79.9. The molecule has 0 amide bonds. The number of aromatic nitrogens is 2. The third-order valence-electron chi connectivity index (χ3n) is 3.02. The molecule has 0 aliphatic heterocycles. The fourth-order valence-electron chi connectivity index (χ4n) is 1.97. The lowest BCUT2D eigenvalue weighted by Crippen LogP contribution is -2.03. The SMILES string of the molecule is CCCc1nc(Cc2ccccc2C)nc(Cl)c1Br. The van der Waals surface area contributed by atoms with Crippen molar-refractivity contribution in [1.29, 1.82) is 0 Å². The second-order valence-corrected chi connectivity index (χ2v) is 5.70. The molecule has 2 aromatic rings. The molecule has 4 heteroatoms. The lowest BCUT2D eigenvalue weighted by atomic mass is 10.1. The number of benzene rings is 1. The highest BCUT2D eigenvalue weighted by Crippen LogP contribution is 2.25. The van der Waals surface area contributed by atoms with Gasteiger partial charge in [0.15, 0.2) is 0 Å². The van der Waals surface area contributed by atoms with Crippen LogP contribution in [0.3, 0.4) is 0 Å². The molecular weight excluding hydrogens is 324 g/mol. The van der Waals surface area contributed by atoms with Crippen molar-refractivity contribution >= 4 is 27.5 Å². The Morgan fingerprint density at radius 1 is 1.21 bits per heavy atom. The first-order valence-electron chi connectivity index (χ1n) is 6.37. The molecule has 0 N–H and O–H groups in total. The Kier molecular flexibility index (Phi) is 4.94. The second-order valence-electron chi connectivity index (χ2n) is 4.54. The van der Waals surface area contributed by atoms with Gasteiger partial charge in [0.05, 0.1) is 10.2 Å². The summed E-state index contributed by atoms with van der Waals surface area (Å²) in [6, 6.07) is 8.28. The number of nitrogens with zero attached hydrogens (tertiary/aromatic N) is 2. The lowest BCUT2D eigenvalue weighted by molar-refractivity contribution is 0.832. The van der Waals surface area contributed by atoms with Crippen LogP contribution in [0.4, 0.5) is 0 Å². The number of aryl methyl sites for hydroxylation is 2. The summed E-state index contributed by atoms with van der Waals surface area (Å²) < 4.78 is 0.824. The Balaban J connectivity index is 2.33. The summed E-state index contributed by atoms with van der Waals surface area (Å²) in [6.07, 6.45) is 2.66. The van der Waals surface area contributed by atoms with Gasteiger partial charge in [-0.05, 0) is 40.4 Å². The molecule has 0 spiro atoms. The molecule has 0 radical (unpaired) electrons. The maximum Gasteiger partial charge on any atom is 0.147 e. The van der Waals surface area contributed by atoms with Crippen molar-refractivity contribution in [3.8, 4) is 0 Å². The van der Waals surface area contributed by atoms with Gasteiger partial charge in [-0.1, -0.05) is 49.2 Å². The monoisotopic (exact) mass is 338 g/mol. The quantitative estimate of drug-likeness (QED) is 0.752. The van der Waals surface area contributed by atoms with Gasteiger partial charge in [0.2, 0.25) is 0 Å². The molecule has 0 bridgehead atoms. The Bertz CT molecular complexity index is 584. The van der Waals surface area contributed by atoms with Gasteiger partial charge in [0.1, 0.15) is 11.0 Å². The van der Waals surface area contributed by atoms with E-state index in [4.69, 9.17) is 11.6 Å². The number of hydrogen-bond donors (Lipinski definition) is 0. The van der Waals surface area contributed by atoms with Crippen LogP contribution in [0, 0.1) is 6.92 Å². The summed E-state index contributed by atoms with van der Waals surface area (Å²) in [4.78, 5) is 8.98. The van der Waals surface area contributed by atoms with E-state index in [0.29, 0.717) is 5.15 Å². The zero-order valence-electron chi connectivity index (χ0n) is 11.1. The van der Waals surface area contributed by atoms with Gasteiger partial charge in [-0.15, -0.1) is 0 Å². The van der Waals surface area contributed by atoms with Crippen LogP contribution in [0.2, 0.25) is 5.15 Å². The van der Waals surface area contributed by atoms with Crippen molar-refractivity contribution in [3.05, 3.63) is 56.5 Å². The molecule has 1 aromatic heterocycles. The van der Waals surface area contributed by atoms with Crippen LogP contribution >= 0.6 is 27.5 Å². The standard InChI is InChI=1S/C15H16BrClN2/c1-3-6-12-14(16)15(17)19-13(18-12)9-11-8-5-4-7-10(11)2/h4-5,7-8H,3,6,9H2,1-2H3. The molecule has 0 aliphatic carbocycles. The lowest BCUT2D eigenvalue weighted by Gasteiger charge is -2.09. The van der Waals surface area contributed by atoms with Gasteiger partial charge in [0.25, 0.3) is 0 Å². The van der Waals surface area contributed by atoms with E-state index in [2.05, 4.69) is 51.9 Å². The summed E-state index contributed by atoms with van der Waals surface area (Å²) in [7, 11) is 0. The zero-order valence-corrected chi connectivity index (χ0v) is 13.4. The van der Waals surface area contributed by atoms with Crippen LogP contribution in [-0.2, 0) is 12.8 Å². The Hall–Kier alpha value is -0.930. The predicted octanol–water partition coefficient (Wildman–Crippen LogP) is 4.74. The molecule has 2 rings (SSSR count). The smallest absolute Gasteiger partial charge is 0.147 e. The summed E-state index contributed by atoms with van der Waals surface area (Å²) in [5.74, 6) is 0.783. The van der Waals surface area contributed by atoms with Crippen molar-refractivity contribution in [2.75, 3.05) is 0 Å². The Labute approximate surface area is 127 Å². The molecular formula is C15H16BrClN2. The van der Waals surface area contributed by atoms with Crippen LogP contribution in [-0.4, -0.2) is 9.97 Å². The molecule has 100 valence electrons. The van der Waals surface area contributed by atoms with Gasteiger partial charge in [-0.25, -0.2) is 9.97 Å². The highest BCUT2D eigenvalue weighted by molar-refractivity contribution is 9.10. The van der Waals surface area contributed by atoms with Gasteiger partial charge in [0, 0.05) is 6.42 Å². The van der Waals surface area contributed by atoms with Crippen LogP contribution in [0.25, 0.3) is 0 Å². The Morgan fingerprint density at radius 3 is 2.63 bits per heavy atom. The molecule has 0 saturated heterocycles. The van der Waals surface area contributed by atoms with Gasteiger partial charge in [-0.3, -0.25) is 0 Å². The van der Waals surface area contributed by atoms with Gasteiger partial charge >= 0.3 is 0 Å². The van der Waals surface area contributed by atoms with Crippen molar-refractivity contribution in [2.24, 2.45) is 0 Å². The zero-order chi connectivity index (χ0) is 13.8. The third-order valence-corrected chi connectivity index (χ3v) is 4.36. The topological polar surface area (TPSA) is 25.8 Å². The summed E-state index contributed by atoms with van der Waals surface area (Å²) in [5, 5.41) is 0.502. The average Bonchev–Trinajstić information content (AvgIpc) is 2.38. The van der Waals surface area contributed by atoms with Crippen LogP contribution in [0.15, 0.2) is 28.7 Å². The van der Waals surface area contributed by atoms with E-state index in [9.17, 15) is 0 Å². The summed E-state index contributed by atoms with van der Waals surface area (Å²) >= 11 is 9.62. The van der Waals surface area contributed by atoms with Crippen LogP contribution < -0.4 is 0 Å². The number of rotatable bonds is 4. The van der Waals surface area contributed by atoms with Crippen LogP contribution in [0.5, 0.6) is 0 Å². The fourth-order valence-corrected chi connectivity index (χ4v) is 2.55. The van der Waals surface area contributed by atoms with Crippen molar-refractivity contribution < 1.29 is 0 Å². The molecule has 0 saturated carbocycles. The molecule has 0 unspecified atom stereocenters. The van der Waals surface area contributed by atoms with Crippen molar-refractivity contribution in [3.63, 3.8) is 0 Å². The summed E-state index contributed by atoms with van der Waals surface area (Å²) in [5.41, 5.74) is 3.48. The predicted molar refractivity (Wildman–Crippen MR) is 82.7 cm³/mol. The minimum atomic E-state index is 0.502. The van der Waals surface area contributed by atoms with Gasteiger partial charge < -0.3 is 0 Å². The first-order valence-corrected chi connectivity index (χ1v) is 7.54. The second kappa shape index (κ2) is 6.49. The normalized spacial score (nSPS) is 10.7. The van der Waals surface area contributed by atoms with Crippen molar-refractivity contribution in [2.45, 2.75) is 33.1 Å². The highest BCUT2D eigenvalue weighted by Gasteiger charge is 2.11. The number of hydrogen-bond acceptors (Lipinski definition) is 2. The maximum absolute atomic E-state index is 6.16. The molecule has 0 atom stereocenters. The number of halogens is 2. The minimum absolute atomic E-state index is 0.502. The third kappa shape index (κ3) is 3.54. The first kappa shape index (κ1) is 14.5. The summed E-state index contributed by atoms with van der Waals surface area (Å²) in [6.45, 7) is 4.23. The first-order chi connectivity index (χ1) is 9.11. The molecule has 0 aliphatic rings. The van der Waals surface area contributed by atoms with Gasteiger partial charge in [-0.2, -0.15) is 0 Å². The van der Waals surface area contributed by atoms with Crippen molar-refractivity contribution in [1.82, 2.24) is 9.97 Å². The average molecular weight is 340 g/mol. The van der Waals surface area contributed by atoms with E-state index in [1.807, 2.05) is 12.1 Å². The van der Waals surface area contributed by atoms with E-state index in [1.54, 1.807) is 0 Å². The molecule has 0 fully saturated rings. The molecule has 2 nitrogen and oxygen atoms in total. The maximum atomic E-state index is 6.16. The molecule has 19 heavy (non-hydrogen) atoms. The minimum Gasteiger partial charge on any atom is -0.236 e.